The fourth-order valence-corrected chi connectivity index (χ4v) is 5.06. The lowest BCUT2D eigenvalue weighted by atomic mass is 10.2. The minimum atomic E-state index is -3.49. The van der Waals surface area contributed by atoms with Crippen molar-refractivity contribution in [3.63, 3.8) is 0 Å². The van der Waals surface area contributed by atoms with E-state index in [0.29, 0.717) is 31.1 Å². The van der Waals surface area contributed by atoms with Gasteiger partial charge in [-0.05, 0) is 43.5 Å². The van der Waals surface area contributed by atoms with Crippen LogP contribution in [0, 0.1) is 11.3 Å². The Balaban J connectivity index is 1.43. The number of aryl methyl sites for hydroxylation is 1. The summed E-state index contributed by atoms with van der Waals surface area (Å²) < 4.78 is 34.9. The number of piperidine rings is 1. The molecule has 1 fully saturated rings. The van der Waals surface area contributed by atoms with Crippen molar-refractivity contribution in [2.45, 2.75) is 37.1 Å². The molecule has 1 aromatic carbocycles. The van der Waals surface area contributed by atoms with Gasteiger partial charge >= 0.3 is 0 Å². The van der Waals surface area contributed by atoms with E-state index in [-0.39, 0.29) is 16.5 Å². The summed E-state index contributed by atoms with van der Waals surface area (Å²) in [5.74, 6) is 0.587. The van der Waals surface area contributed by atoms with Gasteiger partial charge in [0.25, 0.3) is 0 Å². The van der Waals surface area contributed by atoms with Crippen molar-refractivity contribution in [3.05, 3.63) is 48.7 Å². The molecule has 3 aromatic rings. The number of nitriles is 1. The van der Waals surface area contributed by atoms with Crippen molar-refractivity contribution < 1.29 is 12.8 Å². The van der Waals surface area contributed by atoms with Gasteiger partial charge in [-0.3, -0.25) is 0 Å². The summed E-state index contributed by atoms with van der Waals surface area (Å²) in [6, 6.07) is 8.48. The first kappa shape index (κ1) is 21.1. The molecule has 31 heavy (non-hydrogen) atoms. The minimum Gasteiger partial charge on any atom is -0.419 e. The van der Waals surface area contributed by atoms with Crippen molar-refractivity contribution >= 4 is 15.9 Å². The third-order valence-electron chi connectivity index (χ3n) is 5.22. The summed E-state index contributed by atoms with van der Waals surface area (Å²) in [7, 11) is -3.49. The Labute approximate surface area is 181 Å². The molecule has 4 rings (SSSR count). The van der Waals surface area contributed by atoms with E-state index >= 15 is 0 Å². The van der Waals surface area contributed by atoms with E-state index in [1.807, 2.05) is 16.8 Å². The number of nitrogens with one attached hydrogen (secondary N) is 1. The molecule has 0 radical (unpaired) electrons. The van der Waals surface area contributed by atoms with Crippen LogP contribution in [0.1, 0.15) is 31.4 Å². The van der Waals surface area contributed by atoms with Crippen LogP contribution in [0.4, 0.5) is 5.88 Å². The first-order valence-corrected chi connectivity index (χ1v) is 11.7. The molecule has 0 spiro atoms. The van der Waals surface area contributed by atoms with Gasteiger partial charge in [0.05, 0.1) is 11.2 Å². The van der Waals surface area contributed by atoms with Crippen LogP contribution in [0.25, 0.3) is 11.5 Å². The van der Waals surface area contributed by atoms with Crippen molar-refractivity contribution in [2.75, 3.05) is 25.0 Å². The van der Waals surface area contributed by atoms with Crippen molar-refractivity contribution in [3.8, 4) is 17.5 Å². The van der Waals surface area contributed by atoms with Gasteiger partial charge in [0.15, 0.2) is 0 Å². The van der Waals surface area contributed by atoms with Gasteiger partial charge in [-0.2, -0.15) is 14.6 Å². The van der Waals surface area contributed by atoms with E-state index in [9.17, 15) is 13.7 Å². The Morgan fingerprint density at radius 2 is 1.94 bits per heavy atom. The van der Waals surface area contributed by atoms with Gasteiger partial charge in [0, 0.05) is 44.1 Å². The first-order chi connectivity index (χ1) is 15.1. The Morgan fingerprint density at radius 3 is 2.61 bits per heavy atom. The highest BCUT2D eigenvalue weighted by Gasteiger charge is 2.26. The number of sulfonamides is 1. The van der Waals surface area contributed by atoms with E-state index in [1.165, 1.54) is 4.31 Å². The van der Waals surface area contributed by atoms with Crippen molar-refractivity contribution in [1.82, 2.24) is 18.8 Å². The molecule has 0 bridgehead atoms. The van der Waals surface area contributed by atoms with Crippen molar-refractivity contribution in [1.29, 1.82) is 5.26 Å². The third kappa shape index (κ3) is 4.78. The maximum Gasteiger partial charge on any atom is 0.243 e. The van der Waals surface area contributed by atoms with Crippen LogP contribution >= 0.6 is 0 Å². The highest BCUT2D eigenvalue weighted by atomic mass is 32.2. The summed E-state index contributed by atoms with van der Waals surface area (Å²) >= 11 is 0. The average Bonchev–Trinajstić information content (AvgIpc) is 3.47. The number of oxazole rings is 1. The van der Waals surface area contributed by atoms with Crippen LogP contribution in [-0.2, 0) is 16.6 Å². The lowest BCUT2D eigenvalue weighted by molar-refractivity contribution is 0.346. The minimum absolute atomic E-state index is 0.169. The molecule has 0 atom stereocenters. The number of hydrogen-bond acceptors (Lipinski definition) is 7. The Kier molecular flexibility index (Phi) is 6.34. The normalized spacial score (nSPS) is 14.9. The fraction of sp³-hybridized carbons (Fsp3) is 0.381. The van der Waals surface area contributed by atoms with Gasteiger partial charge in [-0.1, -0.05) is 6.42 Å². The Morgan fingerprint density at radius 1 is 1.16 bits per heavy atom. The van der Waals surface area contributed by atoms with Gasteiger partial charge in [0.2, 0.25) is 27.5 Å². The number of aromatic nitrogens is 3. The smallest absolute Gasteiger partial charge is 0.243 e. The Bertz CT molecular complexity index is 1140. The molecule has 1 aliphatic rings. The first-order valence-electron chi connectivity index (χ1n) is 10.3. The highest BCUT2D eigenvalue weighted by molar-refractivity contribution is 7.89. The average molecular weight is 441 g/mol. The SMILES string of the molecule is N#Cc1nc(-c2ccc(S(=O)(=O)N3CCCCC3)cc2)oc1NCCCn1ccnc1. The highest BCUT2D eigenvalue weighted by Crippen LogP contribution is 2.27. The molecule has 3 heterocycles. The molecule has 0 unspecified atom stereocenters. The quantitative estimate of drug-likeness (QED) is 0.535. The number of benzene rings is 1. The zero-order valence-electron chi connectivity index (χ0n) is 17.1. The predicted molar refractivity (Wildman–Crippen MR) is 115 cm³/mol. The maximum atomic E-state index is 12.8. The predicted octanol–water partition coefficient (Wildman–Crippen LogP) is 3.09. The standard InChI is InChI=1S/C21H24N6O3S/c22-15-19-21(24-9-4-11-26-14-10-23-16-26)30-20(25-19)17-5-7-18(8-6-17)31(28,29)27-12-2-1-3-13-27/h5-8,10,14,16,24H,1-4,9,11-13H2. The molecule has 9 nitrogen and oxygen atoms in total. The second kappa shape index (κ2) is 9.32. The van der Waals surface area contributed by atoms with E-state index in [1.54, 1.807) is 36.8 Å². The van der Waals surface area contributed by atoms with Crippen LogP contribution in [-0.4, -0.2) is 46.9 Å². The molecular formula is C21H24N6O3S. The van der Waals surface area contributed by atoms with E-state index in [4.69, 9.17) is 4.42 Å². The molecule has 2 aromatic heterocycles. The monoisotopic (exact) mass is 440 g/mol. The van der Waals surface area contributed by atoms with Crippen LogP contribution in [0.15, 0.2) is 52.3 Å². The zero-order valence-corrected chi connectivity index (χ0v) is 17.9. The molecule has 1 aliphatic heterocycles. The number of anilines is 1. The van der Waals surface area contributed by atoms with E-state index in [2.05, 4.69) is 15.3 Å². The molecule has 1 N–H and O–H groups in total. The maximum absolute atomic E-state index is 12.8. The molecule has 1 saturated heterocycles. The second-order valence-electron chi connectivity index (χ2n) is 7.38. The molecule has 10 heteroatoms. The summed E-state index contributed by atoms with van der Waals surface area (Å²) in [4.78, 5) is 8.50. The molecule has 0 aliphatic carbocycles. The largest absolute Gasteiger partial charge is 0.419 e. The lowest BCUT2D eigenvalue weighted by Crippen LogP contribution is -2.35. The number of nitrogens with zero attached hydrogens (tertiary/aromatic N) is 5. The molecule has 162 valence electrons. The molecule has 0 amide bonds. The zero-order chi connectivity index (χ0) is 21.7. The van der Waals surface area contributed by atoms with E-state index in [0.717, 1.165) is 32.2 Å². The van der Waals surface area contributed by atoms with Gasteiger partial charge in [-0.25, -0.2) is 13.4 Å². The van der Waals surface area contributed by atoms with Crippen LogP contribution in [0.5, 0.6) is 0 Å². The summed E-state index contributed by atoms with van der Waals surface area (Å²) in [5, 5.41) is 12.5. The van der Waals surface area contributed by atoms with Crippen LogP contribution in [0.3, 0.4) is 0 Å². The summed E-state index contributed by atoms with van der Waals surface area (Å²) in [5.41, 5.74) is 0.781. The number of hydrogen-bond donors (Lipinski definition) is 1. The van der Waals surface area contributed by atoms with E-state index < -0.39 is 10.0 Å². The van der Waals surface area contributed by atoms with Crippen LogP contribution < -0.4 is 5.32 Å². The fourth-order valence-electron chi connectivity index (χ4n) is 3.55. The molecule has 0 saturated carbocycles. The van der Waals surface area contributed by atoms with Gasteiger partial charge in [0.1, 0.15) is 6.07 Å². The van der Waals surface area contributed by atoms with Gasteiger partial charge in [-0.15, -0.1) is 0 Å². The second-order valence-corrected chi connectivity index (χ2v) is 9.32. The number of rotatable bonds is 8. The van der Waals surface area contributed by atoms with Crippen molar-refractivity contribution in [2.24, 2.45) is 0 Å². The third-order valence-corrected chi connectivity index (χ3v) is 7.14. The lowest BCUT2D eigenvalue weighted by Gasteiger charge is -2.25. The number of imidazole rings is 1. The Hall–Kier alpha value is -3.16. The summed E-state index contributed by atoms with van der Waals surface area (Å²) in [6.07, 6.45) is 9.04. The van der Waals surface area contributed by atoms with Gasteiger partial charge < -0.3 is 14.3 Å². The van der Waals surface area contributed by atoms with Crippen LogP contribution in [0.2, 0.25) is 0 Å². The topological polar surface area (TPSA) is 117 Å². The summed E-state index contributed by atoms with van der Waals surface area (Å²) in [6.45, 7) is 2.52. The molecular weight excluding hydrogens is 416 g/mol.